The summed E-state index contributed by atoms with van der Waals surface area (Å²) in [5.74, 6) is 0.525. The van der Waals surface area contributed by atoms with Crippen molar-refractivity contribution < 1.29 is 13.9 Å². The largest absolute Gasteiger partial charge is 0.495 e. The highest BCUT2D eigenvalue weighted by Crippen LogP contribution is 2.26. The number of rotatable bonds is 6. The summed E-state index contributed by atoms with van der Waals surface area (Å²) in [6, 6.07) is 17.0. The van der Waals surface area contributed by atoms with Gasteiger partial charge in [0, 0.05) is 23.9 Å². The van der Waals surface area contributed by atoms with Crippen LogP contribution < -0.4 is 15.4 Å². The molecule has 0 saturated heterocycles. The Bertz CT molecular complexity index is 915. The highest BCUT2D eigenvalue weighted by molar-refractivity contribution is 5.94. The summed E-state index contributed by atoms with van der Waals surface area (Å²) in [6.45, 7) is 0.114. The standard InChI is InChI=1S/C20H18FN3O2/c1-26-18-9-5-4-8-17(18)24-19-12-14(10-11-22-19)20(25)23-13-15-6-2-3-7-16(15)21/h2-12H,13H2,1H3,(H,22,24)(H,23,25). The van der Waals surface area contributed by atoms with Gasteiger partial charge in [-0.25, -0.2) is 9.37 Å². The van der Waals surface area contributed by atoms with Gasteiger partial charge in [0.15, 0.2) is 0 Å². The lowest BCUT2D eigenvalue weighted by Gasteiger charge is -2.11. The molecule has 0 saturated carbocycles. The molecule has 0 unspecified atom stereocenters. The number of nitrogens with zero attached hydrogens (tertiary/aromatic N) is 1. The number of benzene rings is 2. The summed E-state index contributed by atoms with van der Waals surface area (Å²) in [6.07, 6.45) is 1.54. The molecular weight excluding hydrogens is 333 g/mol. The highest BCUT2D eigenvalue weighted by atomic mass is 19.1. The van der Waals surface area contributed by atoms with Gasteiger partial charge < -0.3 is 15.4 Å². The van der Waals surface area contributed by atoms with E-state index >= 15 is 0 Å². The zero-order valence-electron chi connectivity index (χ0n) is 14.2. The van der Waals surface area contributed by atoms with E-state index in [0.717, 1.165) is 5.69 Å². The van der Waals surface area contributed by atoms with Gasteiger partial charge in [0.05, 0.1) is 12.8 Å². The van der Waals surface area contributed by atoms with Crippen LogP contribution in [0.4, 0.5) is 15.9 Å². The fourth-order valence-electron chi connectivity index (χ4n) is 2.45. The van der Waals surface area contributed by atoms with Gasteiger partial charge in [-0.05, 0) is 30.3 Å². The number of pyridine rings is 1. The van der Waals surface area contributed by atoms with E-state index in [1.165, 1.54) is 12.3 Å². The van der Waals surface area contributed by atoms with Crippen LogP contribution in [0, 0.1) is 5.82 Å². The average molecular weight is 351 g/mol. The van der Waals surface area contributed by atoms with E-state index in [0.29, 0.717) is 22.7 Å². The minimum absolute atomic E-state index is 0.114. The second-order valence-corrected chi connectivity index (χ2v) is 5.53. The third kappa shape index (κ3) is 4.16. The van der Waals surface area contributed by atoms with Crippen LogP contribution in [-0.2, 0) is 6.54 Å². The maximum Gasteiger partial charge on any atom is 0.251 e. The zero-order valence-corrected chi connectivity index (χ0v) is 14.2. The van der Waals surface area contributed by atoms with Gasteiger partial charge in [0.1, 0.15) is 17.4 Å². The molecule has 0 aliphatic rings. The number of aromatic nitrogens is 1. The van der Waals surface area contributed by atoms with Crippen LogP contribution >= 0.6 is 0 Å². The normalized spacial score (nSPS) is 10.2. The Balaban J connectivity index is 1.70. The number of methoxy groups -OCH3 is 1. The Hall–Kier alpha value is -3.41. The third-order valence-electron chi connectivity index (χ3n) is 3.79. The first-order chi connectivity index (χ1) is 12.7. The van der Waals surface area contributed by atoms with E-state index in [2.05, 4.69) is 15.6 Å². The molecule has 0 aliphatic carbocycles. The number of carbonyl (C=O) groups excluding carboxylic acids is 1. The Morgan fingerprint density at radius 1 is 1.12 bits per heavy atom. The Labute approximate surface area is 150 Å². The molecule has 0 atom stereocenters. The summed E-state index contributed by atoms with van der Waals surface area (Å²) in [5.41, 5.74) is 1.60. The van der Waals surface area contributed by atoms with Crippen LogP contribution in [0.15, 0.2) is 66.9 Å². The lowest BCUT2D eigenvalue weighted by molar-refractivity contribution is 0.0950. The van der Waals surface area contributed by atoms with Crippen LogP contribution in [0.1, 0.15) is 15.9 Å². The Kier molecular flexibility index (Phi) is 5.43. The summed E-state index contributed by atoms with van der Waals surface area (Å²) in [5, 5.41) is 5.84. The minimum Gasteiger partial charge on any atom is -0.495 e. The van der Waals surface area contributed by atoms with Crippen LogP contribution in [0.2, 0.25) is 0 Å². The quantitative estimate of drug-likeness (QED) is 0.707. The molecule has 132 valence electrons. The van der Waals surface area contributed by atoms with E-state index in [4.69, 9.17) is 4.74 Å². The molecule has 0 fully saturated rings. The van der Waals surface area contributed by atoms with Gasteiger partial charge in [-0.3, -0.25) is 4.79 Å². The number of halogens is 1. The van der Waals surface area contributed by atoms with Crippen LogP contribution in [-0.4, -0.2) is 18.0 Å². The third-order valence-corrected chi connectivity index (χ3v) is 3.79. The fraction of sp³-hybridized carbons (Fsp3) is 0.100. The van der Waals surface area contributed by atoms with Crippen LogP contribution in [0.5, 0.6) is 5.75 Å². The lowest BCUT2D eigenvalue weighted by Crippen LogP contribution is -2.23. The van der Waals surface area contributed by atoms with Gasteiger partial charge in [0.25, 0.3) is 5.91 Å². The summed E-state index contributed by atoms with van der Waals surface area (Å²) < 4.78 is 18.9. The van der Waals surface area contributed by atoms with Gasteiger partial charge in [0.2, 0.25) is 0 Å². The molecule has 1 aromatic heterocycles. The predicted octanol–water partition coefficient (Wildman–Crippen LogP) is 3.90. The maximum absolute atomic E-state index is 13.6. The second-order valence-electron chi connectivity index (χ2n) is 5.53. The number of ether oxygens (including phenoxy) is 1. The first-order valence-corrected chi connectivity index (χ1v) is 8.05. The summed E-state index contributed by atoms with van der Waals surface area (Å²) in [4.78, 5) is 16.6. The Morgan fingerprint density at radius 2 is 1.88 bits per heavy atom. The number of nitrogens with one attached hydrogen (secondary N) is 2. The molecular formula is C20H18FN3O2. The fourth-order valence-corrected chi connectivity index (χ4v) is 2.45. The molecule has 26 heavy (non-hydrogen) atoms. The molecule has 2 N–H and O–H groups in total. The number of para-hydroxylation sites is 2. The van der Waals surface area contributed by atoms with Gasteiger partial charge in [-0.1, -0.05) is 30.3 Å². The van der Waals surface area contributed by atoms with Crippen molar-refractivity contribution in [1.29, 1.82) is 0 Å². The highest BCUT2D eigenvalue weighted by Gasteiger charge is 2.09. The van der Waals surface area contributed by atoms with E-state index < -0.39 is 0 Å². The number of carbonyl (C=O) groups is 1. The molecule has 5 nitrogen and oxygen atoms in total. The molecule has 1 amide bonds. The first kappa shape index (κ1) is 17.4. The van der Waals surface area contributed by atoms with Crippen molar-refractivity contribution in [3.8, 4) is 5.75 Å². The van der Waals surface area contributed by atoms with Crippen molar-refractivity contribution >= 4 is 17.4 Å². The molecule has 6 heteroatoms. The van der Waals surface area contributed by atoms with Crippen molar-refractivity contribution in [3.63, 3.8) is 0 Å². The number of hydrogen-bond donors (Lipinski definition) is 2. The minimum atomic E-state index is -0.346. The molecule has 0 radical (unpaired) electrons. The molecule has 3 rings (SSSR count). The summed E-state index contributed by atoms with van der Waals surface area (Å²) >= 11 is 0. The Morgan fingerprint density at radius 3 is 2.69 bits per heavy atom. The smallest absolute Gasteiger partial charge is 0.251 e. The molecule has 0 spiro atoms. The zero-order chi connectivity index (χ0) is 18.4. The molecule has 0 aliphatic heterocycles. The molecule has 3 aromatic rings. The van der Waals surface area contributed by atoms with Gasteiger partial charge in [-0.15, -0.1) is 0 Å². The number of amides is 1. The molecule has 2 aromatic carbocycles. The second kappa shape index (κ2) is 8.11. The van der Waals surface area contributed by atoms with E-state index in [-0.39, 0.29) is 18.3 Å². The van der Waals surface area contributed by atoms with Crippen molar-refractivity contribution in [2.24, 2.45) is 0 Å². The molecule has 1 heterocycles. The maximum atomic E-state index is 13.6. The van der Waals surface area contributed by atoms with Crippen molar-refractivity contribution in [2.75, 3.05) is 12.4 Å². The van der Waals surface area contributed by atoms with Gasteiger partial charge in [-0.2, -0.15) is 0 Å². The molecule has 0 bridgehead atoms. The van der Waals surface area contributed by atoms with Crippen molar-refractivity contribution in [3.05, 3.63) is 83.8 Å². The van der Waals surface area contributed by atoms with Crippen LogP contribution in [0.25, 0.3) is 0 Å². The lowest BCUT2D eigenvalue weighted by atomic mass is 10.2. The summed E-state index contributed by atoms with van der Waals surface area (Å²) in [7, 11) is 1.58. The number of anilines is 2. The van der Waals surface area contributed by atoms with Crippen molar-refractivity contribution in [2.45, 2.75) is 6.54 Å². The van der Waals surface area contributed by atoms with E-state index in [9.17, 15) is 9.18 Å². The van der Waals surface area contributed by atoms with E-state index in [1.54, 1.807) is 37.4 Å². The predicted molar refractivity (Wildman–Crippen MR) is 98.1 cm³/mol. The first-order valence-electron chi connectivity index (χ1n) is 8.05. The van der Waals surface area contributed by atoms with Crippen molar-refractivity contribution in [1.82, 2.24) is 10.3 Å². The monoisotopic (exact) mass is 351 g/mol. The van der Waals surface area contributed by atoms with Crippen LogP contribution in [0.3, 0.4) is 0 Å². The van der Waals surface area contributed by atoms with E-state index in [1.807, 2.05) is 24.3 Å². The topological polar surface area (TPSA) is 63.2 Å². The SMILES string of the molecule is COc1ccccc1Nc1cc(C(=O)NCc2ccccc2F)ccn1. The average Bonchev–Trinajstić information content (AvgIpc) is 2.68. The number of hydrogen-bond acceptors (Lipinski definition) is 4. The van der Waals surface area contributed by atoms with Gasteiger partial charge >= 0.3 is 0 Å².